The van der Waals surface area contributed by atoms with Crippen LogP contribution in [0.5, 0.6) is 0 Å². The van der Waals surface area contributed by atoms with Crippen LogP contribution in [0, 0.1) is 0 Å². The van der Waals surface area contributed by atoms with Crippen LogP contribution in [0.2, 0.25) is 0 Å². The minimum atomic E-state index is 0.184. The van der Waals surface area contributed by atoms with Crippen LogP contribution in [0.15, 0.2) is 24.3 Å². The van der Waals surface area contributed by atoms with Crippen molar-refractivity contribution < 1.29 is 9.59 Å². The van der Waals surface area contributed by atoms with Gasteiger partial charge >= 0.3 is 0 Å². The maximum absolute atomic E-state index is 12.0. The van der Waals surface area contributed by atoms with Crippen LogP contribution in [-0.2, 0) is 4.79 Å². The van der Waals surface area contributed by atoms with E-state index < -0.39 is 0 Å². The Morgan fingerprint density at radius 1 is 1.15 bits per heavy atom. The summed E-state index contributed by atoms with van der Waals surface area (Å²) in [6.45, 7) is 2.96. The van der Waals surface area contributed by atoms with Gasteiger partial charge in [0.1, 0.15) is 0 Å². The van der Waals surface area contributed by atoms with Gasteiger partial charge in [0.15, 0.2) is 5.78 Å². The molecule has 20 heavy (non-hydrogen) atoms. The van der Waals surface area contributed by atoms with E-state index in [4.69, 9.17) is 0 Å². The smallest absolute Gasteiger partial charge is 0.227 e. The predicted octanol–water partition coefficient (Wildman–Crippen LogP) is 3.97. The SMILES string of the molecule is CCCCCCC(=O)c1ccc(N2CCCC2=O)cc1. The van der Waals surface area contributed by atoms with Crippen LogP contribution in [-0.4, -0.2) is 18.2 Å². The van der Waals surface area contributed by atoms with Gasteiger partial charge in [-0.3, -0.25) is 9.59 Å². The normalized spacial score (nSPS) is 14.8. The number of hydrogen-bond acceptors (Lipinski definition) is 2. The maximum atomic E-state index is 12.0. The second-order valence-corrected chi connectivity index (χ2v) is 5.43. The van der Waals surface area contributed by atoms with Gasteiger partial charge in [0.25, 0.3) is 0 Å². The summed E-state index contributed by atoms with van der Waals surface area (Å²) in [5.41, 5.74) is 1.67. The highest BCUT2D eigenvalue weighted by Crippen LogP contribution is 2.22. The summed E-state index contributed by atoms with van der Waals surface area (Å²) < 4.78 is 0. The Bertz CT molecular complexity index is 464. The summed E-state index contributed by atoms with van der Waals surface area (Å²) in [5, 5.41) is 0. The molecule has 0 saturated carbocycles. The monoisotopic (exact) mass is 273 g/mol. The minimum Gasteiger partial charge on any atom is -0.312 e. The first kappa shape index (κ1) is 14.8. The van der Waals surface area contributed by atoms with E-state index in [9.17, 15) is 9.59 Å². The maximum Gasteiger partial charge on any atom is 0.227 e. The second kappa shape index (κ2) is 7.22. The average Bonchev–Trinajstić information content (AvgIpc) is 2.90. The summed E-state index contributed by atoms with van der Waals surface area (Å²) >= 11 is 0. The van der Waals surface area contributed by atoms with Crippen molar-refractivity contribution in [2.75, 3.05) is 11.4 Å². The van der Waals surface area contributed by atoms with Gasteiger partial charge in [-0.1, -0.05) is 26.2 Å². The Balaban J connectivity index is 1.90. The molecule has 1 heterocycles. The molecule has 0 unspecified atom stereocenters. The first-order valence-electron chi connectivity index (χ1n) is 7.66. The highest BCUT2D eigenvalue weighted by atomic mass is 16.2. The van der Waals surface area contributed by atoms with Crippen LogP contribution in [0.3, 0.4) is 0 Å². The van der Waals surface area contributed by atoms with E-state index in [-0.39, 0.29) is 11.7 Å². The molecule has 0 N–H and O–H groups in total. The molecule has 2 rings (SSSR count). The molecule has 0 atom stereocenters. The number of Topliss-reactive ketones (excluding diaryl/α,β-unsaturated/α-hetero) is 1. The second-order valence-electron chi connectivity index (χ2n) is 5.43. The lowest BCUT2D eigenvalue weighted by molar-refractivity contribution is -0.117. The van der Waals surface area contributed by atoms with Crippen LogP contribution in [0.1, 0.15) is 62.2 Å². The number of nitrogens with zero attached hydrogens (tertiary/aromatic N) is 1. The third-order valence-corrected chi connectivity index (χ3v) is 3.83. The summed E-state index contributed by atoms with van der Waals surface area (Å²) in [7, 11) is 0. The summed E-state index contributed by atoms with van der Waals surface area (Å²) in [6.07, 6.45) is 6.68. The van der Waals surface area contributed by atoms with Crippen LogP contribution in [0.25, 0.3) is 0 Å². The van der Waals surface area contributed by atoms with Gasteiger partial charge in [0, 0.05) is 30.6 Å². The van der Waals surface area contributed by atoms with Gasteiger partial charge in [-0.15, -0.1) is 0 Å². The van der Waals surface area contributed by atoms with Crippen molar-refractivity contribution in [3.05, 3.63) is 29.8 Å². The van der Waals surface area contributed by atoms with Gasteiger partial charge in [-0.2, -0.15) is 0 Å². The van der Waals surface area contributed by atoms with Crippen molar-refractivity contribution >= 4 is 17.4 Å². The Morgan fingerprint density at radius 3 is 2.50 bits per heavy atom. The molecule has 0 spiro atoms. The number of anilines is 1. The molecule has 3 heteroatoms. The number of hydrogen-bond donors (Lipinski definition) is 0. The van der Waals surface area contributed by atoms with Crippen molar-refractivity contribution in [3.63, 3.8) is 0 Å². The summed E-state index contributed by atoms with van der Waals surface area (Å²) in [5.74, 6) is 0.393. The molecule has 1 fully saturated rings. The average molecular weight is 273 g/mol. The first-order valence-corrected chi connectivity index (χ1v) is 7.66. The number of amides is 1. The zero-order chi connectivity index (χ0) is 14.4. The zero-order valence-electron chi connectivity index (χ0n) is 12.2. The Kier molecular flexibility index (Phi) is 5.33. The number of benzene rings is 1. The van der Waals surface area contributed by atoms with Gasteiger partial charge in [0.2, 0.25) is 5.91 Å². The summed E-state index contributed by atoms with van der Waals surface area (Å²) in [4.78, 5) is 25.5. The van der Waals surface area contributed by atoms with Gasteiger partial charge in [-0.05, 0) is 37.1 Å². The molecule has 0 aromatic heterocycles. The first-order chi connectivity index (χ1) is 9.72. The van der Waals surface area contributed by atoms with Crippen molar-refractivity contribution in [1.82, 2.24) is 0 Å². The van der Waals surface area contributed by atoms with E-state index >= 15 is 0 Å². The predicted molar refractivity (Wildman–Crippen MR) is 81.1 cm³/mol. The topological polar surface area (TPSA) is 37.4 Å². The Morgan fingerprint density at radius 2 is 1.90 bits per heavy atom. The van der Waals surface area contributed by atoms with Crippen molar-refractivity contribution in [2.45, 2.75) is 51.9 Å². The quantitative estimate of drug-likeness (QED) is 0.557. The molecule has 1 aromatic carbocycles. The number of rotatable bonds is 7. The van der Waals surface area contributed by atoms with Gasteiger partial charge in [-0.25, -0.2) is 0 Å². The number of ketones is 1. The van der Waals surface area contributed by atoms with Crippen molar-refractivity contribution in [3.8, 4) is 0 Å². The number of carbonyl (C=O) groups is 2. The molecule has 108 valence electrons. The largest absolute Gasteiger partial charge is 0.312 e. The number of carbonyl (C=O) groups excluding carboxylic acids is 2. The third kappa shape index (κ3) is 3.69. The van der Waals surface area contributed by atoms with Gasteiger partial charge < -0.3 is 4.90 Å². The van der Waals surface area contributed by atoms with Crippen LogP contribution >= 0.6 is 0 Å². The standard InChI is InChI=1S/C17H23NO2/c1-2-3-4-5-7-16(19)14-9-11-15(12-10-14)18-13-6-8-17(18)20/h9-12H,2-8,13H2,1H3. The lowest BCUT2D eigenvalue weighted by atomic mass is 10.0. The van der Waals surface area contributed by atoms with E-state index in [1.807, 2.05) is 24.3 Å². The fourth-order valence-electron chi connectivity index (χ4n) is 2.61. The highest BCUT2D eigenvalue weighted by molar-refractivity contribution is 5.98. The molecule has 0 aliphatic carbocycles. The minimum absolute atomic E-state index is 0.184. The molecule has 1 aliphatic rings. The molecule has 3 nitrogen and oxygen atoms in total. The van der Waals surface area contributed by atoms with E-state index in [0.717, 1.165) is 37.1 Å². The third-order valence-electron chi connectivity index (χ3n) is 3.83. The molecule has 1 aliphatic heterocycles. The Labute approximate surface area is 121 Å². The zero-order valence-corrected chi connectivity index (χ0v) is 12.2. The number of unbranched alkanes of at least 4 members (excludes halogenated alkanes) is 3. The van der Waals surface area contributed by atoms with Crippen molar-refractivity contribution in [1.29, 1.82) is 0 Å². The van der Waals surface area contributed by atoms with E-state index in [1.54, 1.807) is 4.90 Å². The lowest BCUT2D eigenvalue weighted by Gasteiger charge is -2.15. The highest BCUT2D eigenvalue weighted by Gasteiger charge is 2.21. The summed E-state index contributed by atoms with van der Waals surface area (Å²) in [6, 6.07) is 7.48. The van der Waals surface area contributed by atoms with Crippen molar-refractivity contribution in [2.24, 2.45) is 0 Å². The van der Waals surface area contributed by atoms with Crippen LogP contribution < -0.4 is 4.90 Å². The van der Waals surface area contributed by atoms with E-state index in [0.29, 0.717) is 12.8 Å². The molecular weight excluding hydrogens is 250 g/mol. The molecule has 1 saturated heterocycles. The molecule has 0 bridgehead atoms. The fraction of sp³-hybridized carbons (Fsp3) is 0.529. The van der Waals surface area contributed by atoms with Gasteiger partial charge in [0.05, 0.1) is 0 Å². The van der Waals surface area contributed by atoms with E-state index in [2.05, 4.69) is 6.92 Å². The molecule has 1 amide bonds. The van der Waals surface area contributed by atoms with E-state index in [1.165, 1.54) is 12.8 Å². The molecule has 1 aromatic rings. The molecular formula is C17H23NO2. The fourth-order valence-corrected chi connectivity index (χ4v) is 2.61. The molecule has 0 radical (unpaired) electrons. The van der Waals surface area contributed by atoms with Crippen LogP contribution in [0.4, 0.5) is 5.69 Å². The lowest BCUT2D eigenvalue weighted by Crippen LogP contribution is -2.23. The Hall–Kier alpha value is -1.64.